The van der Waals surface area contributed by atoms with Gasteiger partial charge in [-0.15, -0.1) is 0 Å². The summed E-state index contributed by atoms with van der Waals surface area (Å²) in [6.45, 7) is 7.23. The molecular weight excluding hydrogens is 502 g/mol. The van der Waals surface area contributed by atoms with Gasteiger partial charge in [0.05, 0.1) is 0 Å². The highest BCUT2D eigenvalue weighted by Gasteiger charge is 2.28. The maximum absolute atomic E-state index is 15.1. The van der Waals surface area contributed by atoms with Crippen LogP contribution in [0.3, 0.4) is 0 Å². The Hall–Kier alpha value is -4.01. The van der Waals surface area contributed by atoms with Gasteiger partial charge in [0.1, 0.15) is 17.2 Å². The predicted molar refractivity (Wildman–Crippen MR) is 145 cm³/mol. The molecule has 0 bridgehead atoms. The number of nitrogen functional groups attached to an aromatic ring is 1. The summed E-state index contributed by atoms with van der Waals surface area (Å²) in [5.74, 6) is -1.53. The molecule has 2 aromatic carbocycles. The number of halogens is 2. The molecule has 3 aromatic rings. The van der Waals surface area contributed by atoms with E-state index in [0.717, 1.165) is 18.4 Å². The number of ether oxygens (including phenoxy) is 1. The molecule has 9 heteroatoms. The molecule has 7 nitrogen and oxygen atoms in total. The lowest BCUT2D eigenvalue weighted by Crippen LogP contribution is -2.41. The van der Waals surface area contributed by atoms with E-state index in [1.807, 2.05) is 45.0 Å². The Labute approximate surface area is 226 Å². The summed E-state index contributed by atoms with van der Waals surface area (Å²) in [6.07, 6.45) is 1.87. The number of carbonyl (C=O) groups is 2. The van der Waals surface area contributed by atoms with Crippen LogP contribution in [-0.4, -0.2) is 47.1 Å². The van der Waals surface area contributed by atoms with Crippen LogP contribution in [0.15, 0.2) is 42.5 Å². The first-order valence-corrected chi connectivity index (χ1v) is 13.2. The zero-order valence-electron chi connectivity index (χ0n) is 22.3. The van der Waals surface area contributed by atoms with Crippen molar-refractivity contribution in [1.82, 2.24) is 15.2 Å². The number of nitrogens with two attached hydrogens (primary N) is 1. The molecule has 0 atom stereocenters. The molecule has 2 aliphatic heterocycles. The van der Waals surface area contributed by atoms with Crippen LogP contribution in [0.2, 0.25) is 0 Å². The second kappa shape index (κ2) is 10.3. The molecular formula is C30H32F2N4O3. The van der Waals surface area contributed by atoms with Gasteiger partial charge in [0, 0.05) is 41.9 Å². The Kier molecular flexibility index (Phi) is 7.01. The van der Waals surface area contributed by atoms with Gasteiger partial charge in [0.25, 0.3) is 5.91 Å². The SMILES string of the molecule is CC(C)(C)OC(=O)N1CCC(c2ccc(-c3cc(-c4cc5c(cc4F)C(=O)NCC5)c(N)nc3F)cc2)CC1. The summed E-state index contributed by atoms with van der Waals surface area (Å²) >= 11 is 0. The van der Waals surface area contributed by atoms with Crippen LogP contribution in [0.5, 0.6) is 0 Å². The van der Waals surface area contributed by atoms with Crippen molar-refractivity contribution in [2.45, 2.75) is 51.6 Å². The Balaban J connectivity index is 1.36. The average molecular weight is 535 g/mol. The summed E-state index contributed by atoms with van der Waals surface area (Å²) in [5, 5.41) is 2.70. The van der Waals surface area contributed by atoms with E-state index in [1.165, 1.54) is 12.1 Å². The summed E-state index contributed by atoms with van der Waals surface area (Å²) in [4.78, 5) is 30.1. The molecule has 0 radical (unpaired) electrons. The molecule has 204 valence electrons. The molecule has 1 aromatic heterocycles. The second-order valence-corrected chi connectivity index (χ2v) is 11.1. The molecule has 1 saturated heterocycles. The maximum Gasteiger partial charge on any atom is 0.410 e. The molecule has 3 N–H and O–H groups in total. The van der Waals surface area contributed by atoms with Crippen LogP contribution >= 0.6 is 0 Å². The van der Waals surface area contributed by atoms with Crippen molar-refractivity contribution in [3.05, 3.63) is 70.9 Å². The topological polar surface area (TPSA) is 97.5 Å². The van der Waals surface area contributed by atoms with E-state index in [9.17, 15) is 14.0 Å². The Bertz CT molecular complexity index is 1430. The van der Waals surface area contributed by atoms with Gasteiger partial charge in [-0.25, -0.2) is 14.2 Å². The molecule has 2 amide bonds. The minimum Gasteiger partial charge on any atom is -0.444 e. The lowest BCUT2D eigenvalue weighted by molar-refractivity contribution is 0.0204. The number of benzene rings is 2. The van der Waals surface area contributed by atoms with Crippen LogP contribution in [0.4, 0.5) is 19.4 Å². The first-order chi connectivity index (χ1) is 18.5. The third kappa shape index (κ3) is 5.57. The van der Waals surface area contributed by atoms with Crippen molar-refractivity contribution in [2.75, 3.05) is 25.4 Å². The number of hydrogen-bond acceptors (Lipinski definition) is 5. The summed E-state index contributed by atoms with van der Waals surface area (Å²) < 4.78 is 35.5. The van der Waals surface area contributed by atoms with Gasteiger partial charge in [-0.2, -0.15) is 4.39 Å². The number of anilines is 1. The van der Waals surface area contributed by atoms with E-state index in [4.69, 9.17) is 10.5 Å². The average Bonchev–Trinajstić information content (AvgIpc) is 2.89. The summed E-state index contributed by atoms with van der Waals surface area (Å²) in [7, 11) is 0. The molecule has 0 unspecified atom stereocenters. The van der Waals surface area contributed by atoms with Crippen molar-refractivity contribution in [3.8, 4) is 22.3 Å². The summed E-state index contributed by atoms with van der Waals surface area (Å²) in [5.41, 5.74) is 8.86. The second-order valence-electron chi connectivity index (χ2n) is 11.1. The van der Waals surface area contributed by atoms with E-state index in [2.05, 4.69) is 10.3 Å². The number of likely N-dealkylation sites (tertiary alicyclic amines) is 1. The monoisotopic (exact) mass is 534 g/mol. The van der Waals surface area contributed by atoms with E-state index in [-0.39, 0.29) is 40.4 Å². The number of amides is 2. The van der Waals surface area contributed by atoms with Crippen molar-refractivity contribution in [1.29, 1.82) is 0 Å². The zero-order chi connectivity index (χ0) is 27.9. The molecule has 2 aliphatic rings. The highest BCUT2D eigenvalue weighted by Crippen LogP contribution is 2.36. The molecule has 1 fully saturated rings. The Morgan fingerprint density at radius 3 is 2.38 bits per heavy atom. The smallest absolute Gasteiger partial charge is 0.410 e. The van der Waals surface area contributed by atoms with Gasteiger partial charge < -0.3 is 20.7 Å². The quantitative estimate of drug-likeness (QED) is 0.422. The van der Waals surface area contributed by atoms with E-state index in [1.54, 1.807) is 11.0 Å². The van der Waals surface area contributed by atoms with E-state index < -0.39 is 17.4 Å². The van der Waals surface area contributed by atoms with Crippen LogP contribution in [0.1, 0.15) is 61.0 Å². The largest absolute Gasteiger partial charge is 0.444 e. The summed E-state index contributed by atoms with van der Waals surface area (Å²) in [6, 6.07) is 11.9. The molecule has 0 saturated carbocycles. The Morgan fingerprint density at radius 1 is 1.03 bits per heavy atom. The van der Waals surface area contributed by atoms with Crippen LogP contribution in [0, 0.1) is 11.8 Å². The minimum absolute atomic E-state index is 0.122. The predicted octanol–water partition coefficient (Wildman–Crippen LogP) is 5.68. The molecule has 0 spiro atoms. The number of fused-ring (bicyclic) bond motifs is 1. The lowest BCUT2D eigenvalue weighted by atomic mass is 9.88. The lowest BCUT2D eigenvalue weighted by Gasteiger charge is -2.33. The van der Waals surface area contributed by atoms with Crippen molar-refractivity contribution < 1.29 is 23.1 Å². The fourth-order valence-electron chi connectivity index (χ4n) is 5.23. The molecule has 0 aliphatic carbocycles. The minimum atomic E-state index is -0.743. The van der Waals surface area contributed by atoms with Crippen LogP contribution in [0.25, 0.3) is 22.3 Å². The van der Waals surface area contributed by atoms with Gasteiger partial charge >= 0.3 is 6.09 Å². The molecule has 5 rings (SSSR count). The number of rotatable bonds is 3. The number of hydrogen-bond donors (Lipinski definition) is 2. The number of nitrogens with zero attached hydrogens (tertiary/aromatic N) is 2. The number of piperidine rings is 1. The van der Waals surface area contributed by atoms with Gasteiger partial charge in [-0.1, -0.05) is 24.3 Å². The number of pyridine rings is 1. The highest BCUT2D eigenvalue weighted by molar-refractivity contribution is 5.97. The van der Waals surface area contributed by atoms with Crippen molar-refractivity contribution in [2.24, 2.45) is 0 Å². The number of carbonyl (C=O) groups excluding carboxylic acids is 2. The van der Waals surface area contributed by atoms with Gasteiger partial charge in [0.15, 0.2) is 0 Å². The Morgan fingerprint density at radius 2 is 1.72 bits per heavy atom. The standard InChI is InChI=1S/C30H32F2N4O3/c1-30(2,3)39-29(38)36-12-9-18(10-13-36)17-4-6-19(7-5-17)21-15-24(27(33)35-26(21)32)23-14-20-8-11-34-28(37)22(20)16-25(23)31/h4-7,14-16,18H,8-13H2,1-3H3,(H2,33,35)(H,34,37). The number of nitrogens with one attached hydrogen (secondary N) is 1. The normalized spacial score (nSPS) is 16.0. The van der Waals surface area contributed by atoms with Crippen molar-refractivity contribution in [3.63, 3.8) is 0 Å². The van der Waals surface area contributed by atoms with Gasteiger partial charge in [-0.05, 0) is 80.8 Å². The fraction of sp³-hybridized carbons (Fsp3) is 0.367. The third-order valence-corrected chi connectivity index (χ3v) is 7.25. The highest BCUT2D eigenvalue weighted by atomic mass is 19.1. The fourth-order valence-corrected chi connectivity index (χ4v) is 5.23. The van der Waals surface area contributed by atoms with E-state index in [0.29, 0.717) is 42.7 Å². The first kappa shape index (κ1) is 26.6. The first-order valence-electron chi connectivity index (χ1n) is 13.2. The molecule has 3 heterocycles. The molecule has 39 heavy (non-hydrogen) atoms. The van der Waals surface area contributed by atoms with Crippen LogP contribution < -0.4 is 11.1 Å². The van der Waals surface area contributed by atoms with Crippen LogP contribution in [-0.2, 0) is 11.2 Å². The maximum atomic E-state index is 15.1. The zero-order valence-corrected chi connectivity index (χ0v) is 22.3. The van der Waals surface area contributed by atoms with Crippen molar-refractivity contribution >= 4 is 17.8 Å². The van der Waals surface area contributed by atoms with Gasteiger partial charge in [-0.3, -0.25) is 4.79 Å². The number of aromatic nitrogens is 1. The van der Waals surface area contributed by atoms with Gasteiger partial charge in [0.2, 0.25) is 5.95 Å². The van der Waals surface area contributed by atoms with E-state index >= 15 is 4.39 Å². The third-order valence-electron chi connectivity index (χ3n) is 7.25.